The summed E-state index contributed by atoms with van der Waals surface area (Å²) in [5.74, 6) is -2.84. The van der Waals surface area contributed by atoms with Crippen LogP contribution in [0.5, 0.6) is 0 Å². The van der Waals surface area contributed by atoms with E-state index < -0.39 is 42.0 Å². The molecule has 0 aromatic rings. The first-order valence-corrected chi connectivity index (χ1v) is 6.43. The Balaban J connectivity index is 2.18. The molecule has 1 atom stereocenters. The third-order valence-electron chi connectivity index (χ3n) is 3.61. The topological polar surface area (TPSA) is 32.7 Å². The highest BCUT2D eigenvalue weighted by molar-refractivity contribution is 6.29. The Morgan fingerprint density at radius 1 is 1.17 bits per heavy atom. The van der Waals surface area contributed by atoms with Crippen molar-refractivity contribution in [3.05, 3.63) is 47.0 Å². The van der Waals surface area contributed by atoms with Crippen LogP contribution in [0.2, 0.25) is 0 Å². The summed E-state index contributed by atoms with van der Waals surface area (Å²) in [6.45, 7) is 0. The van der Waals surface area contributed by atoms with Gasteiger partial charge >= 0.3 is 12.5 Å². The SMILES string of the molecule is O=C1C=NC2=C(C1)C1=CC=CN(C(F)(F)F)C1=CC2C(F)(F)F. The van der Waals surface area contributed by atoms with Crippen molar-refractivity contribution in [2.45, 2.75) is 18.9 Å². The first kappa shape index (κ1) is 15.6. The summed E-state index contributed by atoms with van der Waals surface area (Å²) in [6.07, 6.45) is -5.86. The molecule has 1 aliphatic carbocycles. The molecule has 2 aliphatic heterocycles. The fraction of sp³-hybridized carbons (Fsp3) is 0.286. The lowest BCUT2D eigenvalue weighted by Gasteiger charge is -2.36. The highest BCUT2D eigenvalue weighted by Gasteiger charge is 2.49. The zero-order valence-electron chi connectivity index (χ0n) is 11.2. The molecule has 0 spiro atoms. The van der Waals surface area contributed by atoms with Crippen molar-refractivity contribution in [1.82, 2.24) is 4.90 Å². The van der Waals surface area contributed by atoms with Crippen LogP contribution in [-0.4, -0.2) is 29.4 Å². The van der Waals surface area contributed by atoms with Crippen molar-refractivity contribution >= 4 is 12.0 Å². The second kappa shape index (κ2) is 4.84. The molecule has 0 aromatic carbocycles. The van der Waals surface area contributed by atoms with E-state index in [1.807, 2.05) is 0 Å². The normalized spacial score (nSPS) is 24.3. The third kappa shape index (κ3) is 2.60. The molecule has 0 saturated carbocycles. The first-order chi connectivity index (χ1) is 10.6. The maximum atomic E-state index is 13.2. The first-order valence-electron chi connectivity index (χ1n) is 6.43. The smallest absolute Gasteiger partial charge is 0.293 e. The number of carbonyl (C=O) groups is 1. The molecule has 23 heavy (non-hydrogen) atoms. The van der Waals surface area contributed by atoms with Gasteiger partial charge < -0.3 is 0 Å². The van der Waals surface area contributed by atoms with Gasteiger partial charge in [-0.3, -0.25) is 14.7 Å². The number of Topliss-reactive ketones (excluding diaryl/α,β-unsaturated/α-hetero) is 1. The van der Waals surface area contributed by atoms with Crippen LogP contribution in [0, 0.1) is 5.92 Å². The Morgan fingerprint density at radius 2 is 1.87 bits per heavy atom. The van der Waals surface area contributed by atoms with E-state index >= 15 is 0 Å². The van der Waals surface area contributed by atoms with Gasteiger partial charge in [-0.15, -0.1) is 13.2 Å². The molecule has 9 heteroatoms. The van der Waals surface area contributed by atoms with Crippen molar-refractivity contribution in [2.24, 2.45) is 10.9 Å². The van der Waals surface area contributed by atoms with Crippen molar-refractivity contribution in [1.29, 1.82) is 0 Å². The van der Waals surface area contributed by atoms with E-state index in [4.69, 9.17) is 0 Å². The number of carbonyl (C=O) groups excluding carboxylic acids is 1. The minimum absolute atomic E-state index is 0.0643. The number of halogens is 6. The average Bonchev–Trinajstić information content (AvgIpc) is 2.43. The average molecular weight is 334 g/mol. The molecule has 0 bridgehead atoms. The van der Waals surface area contributed by atoms with Crippen LogP contribution in [0.4, 0.5) is 26.3 Å². The fourth-order valence-corrected chi connectivity index (χ4v) is 2.68. The lowest BCUT2D eigenvalue weighted by molar-refractivity contribution is -0.215. The van der Waals surface area contributed by atoms with Crippen molar-refractivity contribution in [3.8, 4) is 0 Å². The number of hydrogen-bond acceptors (Lipinski definition) is 3. The van der Waals surface area contributed by atoms with Gasteiger partial charge in [0, 0.05) is 18.2 Å². The van der Waals surface area contributed by atoms with Gasteiger partial charge in [0.15, 0.2) is 5.78 Å². The molecule has 2 heterocycles. The number of rotatable bonds is 0. The third-order valence-corrected chi connectivity index (χ3v) is 3.61. The van der Waals surface area contributed by atoms with Gasteiger partial charge in [-0.05, 0) is 17.7 Å². The van der Waals surface area contributed by atoms with E-state index in [1.54, 1.807) is 0 Å². The van der Waals surface area contributed by atoms with Crippen LogP contribution in [0.15, 0.2) is 52.0 Å². The Morgan fingerprint density at radius 3 is 2.48 bits per heavy atom. The van der Waals surface area contributed by atoms with Crippen LogP contribution in [-0.2, 0) is 4.79 Å². The molecule has 122 valence electrons. The number of hydrogen-bond donors (Lipinski definition) is 0. The fourth-order valence-electron chi connectivity index (χ4n) is 2.68. The number of nitrogens with zero attached hydrogens (tertiary/aromatic N) is 2. The molecule has 0 aromatic heterocycles. The van der Waals surface area contributed by atoms with Crippen LogP contribution < -0.4 is 0 Å². The summed E-state index contributed by atoms with van der Waals surface area (Å²) in [5, 5.41) is 0. The number of ketones is 1. The van der Waals surface area contributed by atoms with Gasteiger partial charge in [0.2, 0.25) is 0 Å². The lowest BCUT2D eigenvalue weighted by Crippen LogP contribution is -2.38. The van der Waals surface area contributed by atoms with Gasteiger partial charge in [-0.1, -0.05) is 6.08 Å². The van der Waals surface area contributed by atoms with E-state index in [0.717, 1.165) is 12.3 Å². The summed E-state index contributed by atoms with van der Waals surface area (Å²) >= 11 is 0. The number of allylic oxidation sites excluding steroid dienone is 4. The molecular formula is C14H8F6N2O. The molecule has 0 radical (unpaired) electrons. The van der Waals surface area contributed by atoms with E-state index in [1.165, 1.54) is 6.08 Å². The summed E-state index contributed by atoms with van der Waals surface area (Å²) in [4.78, 5) is 14.8. The summed E-state index contributed by atoms with van der Waals surface area (Å²) in [7, 11) is 0. The zero-order valence-corrected chi connectivity index (χ0v) is 11.2. The van der Waals surface area contributed by atoms with Crippen molar-refractivity contribution in [3.63, 3.8) is 0 Å². The van der Waals surface area contributed by atoms with Gasteiger partial charge in [0.25, 0.3) is 0 Å². The van der Waals surface area contributed by atoms with Crippen LogP contribution in [0.1, 0.15) is 6.42 Å². The van der Waals surface area contributed by atoms with Crippen molar-refractivity contribution in [2.75, 3.05) is 0 Å². The van der Waals surface area contributed by atoms with E-state index in [2.05, 4.69) is 4.99 Å². The Hall–Kier alpha value is -2.32. The quantitative estimate of drug-likeness (QED) is 0.501. The molecule has 3 nitrogen and oxygen atoms in total. The molecule has 0 saturated heterocycles. The van der Waals surface area contributed by atoms with Gasteiger partial charge in [0.1, 0.15) is 5.92 Å². The number of aliphatic imine (C=N–C) groups is 1. The summed E-state index contributed by atoms with van der Waals surface area (Å²) in [5.41, 5.74) is -1.24. The molecule has 0 fully saturated rings. The molecule has 1 unspecified atom stereocenters. The molecule has 0 amide bonds. The van der Waals surface area contributed by atoms with Crippen LogP contribution in [0.25, 0.3) is 0 Å². The Bertz CT molecular complexity index is 721. The van der Waals surface area contributed by atoms with Gasteiger partial charge in [0.05, 0.1) is 17.6 Å². The van der Waals surface area contributed by atoms with Gasteiger partial charge in [-0.25, -0.2) is 0 Å². The predicted octanol–water partition coefficient (Wildman–Crippen LogP) is 3.64. The van der Waals surface area contributed by atoms with Crippen LogP contribution in [0.3, 0.4) is 0 Å². The predicted molar refractivity (Wildman–Crippen MR) is 67.9 cm³/mol. The van der Waals surface area contributed by atoms with E-state index in [9.17, 15) is 31.1 Å². The minimum atomic E-state index is -4.88. The highest BCUT2D eigenvalue weighted by Crippen LogP contribution is 2.47. The second-order valence-corrected chi connectivity index (χ2v) is 5.10. The maximum Gasteiger partial charge on any atom is 0.488 e. The monoisotopic (exact) mass is 334 g/mol. The largest absolute Gasteiger partial charge is 0.488 e. The highest BCUT2D eigenvalue weighted by atomic mass is 19.4. The standard InChI is InChI=1S/C14H8F6N2O/c15-13(16,17)10-5-11-8(2-1-3-22(11)14(18,19)20)9-4-7(23)6-21-12(9)10/h1-3,5-6,10H,4H2. The Kier molecular flexibility index (Phi) is 3.27. The van der Waals surface area contributed by atoms with E-state index in [-0.39, 0.29) is 16.0 Å². The number of fused-ring (bicyclic) bond motifs is 2. The molecule has 3 rings (SSSR count). The summed E-state index contributed by atoms with van der Waals surface area (Å²) in [6, 6.07) is 0. The van der Waals surface area contributed by atoms with Crippen LogP contribution >= 0.6 is 0 Å². The van der Waals surface area contributed by atoms with Crippen molar-refractivity contribution < 1.29 is 31.1 Å². The summed E-state index contributed by atoms with van der Waals surface area (Å²) < 4.78 is 78.8. The van der Waals surface area contributed by atoms with Gasteiger partial charge in [-0.2, -0.15) is 13.2 Å². The molecular weight excluding hydrogens is 326 g/mol. The second-order valence-electron chi connectivity index (χ2n) is 5.10. The minimum Gasteiger partial charge on any atom is -0.293 e. The van der Waals surface area contributed by atoms with E-state index in [0.29, 0.717) is 12.3 Å². The number of alkyl halides is 6. The Labute approximate surface area is 126 Å². The lowest BCUT2D eigenvalue weighted by atomic mass is 9.82. The zero-order chi connectivity index (χ0) is 17.0. The molecule has 3 aliphatic rings. The maximum absolute atomic E-state index is 13.2. The molecule has 0 N–H and O–H groups in total.